The molecule has 84 valence electrons. The Morgan fingerprint density at radius 3 is 2.75 bits per heavy atom. The van der Waals surface area contributed by atoms with Crippen LogP contribution in [0.25, 0.3) is 0 Å². The number of hydrogen-bond donors (Lipinski definition) is 1. The van der Waals surface area contributed by atoms with Gasteiger partial charge in [-0.05, 0) is 13.0 Å². The lowest BCUT2D eigenvalue weighted by atomic mass is 10.1. The fraction of sp³-hybridized carbons (Fsp3) is 0.250. The van der Waals surface area contributed by atoms with Crippen molar-refractivity contribution in [2.75, 3.05) is 6.54 Å². The van der Waals surface area contributed by atoms with E-state index in [0.29, 0.717) is 12.1 Å². The fourth-order valence-corrected chi connectivity index (χ4v) is 1.85. The maximum absolute atomic E-state index is 13.7. The molecule has 16 heavy (non-hydrogen) atoms. The molecule has 0 aliphatic heterocycles. The minimum atomic E-state index is -0.231. The molecule has 1 aromatic heterocycles. The van der Waals surface area contributed by atoms with Gasteiger partial charge in [0.2, 0.25) is 0 Å². The summed E-state index contributed by atoms with van der Waals surface area (Å²) in [6.45, 7) is 2.22. The molecule has 0 saturated heterocycles. The van der Waals surface area contributed by atoms with Crippen LogP contribution in [0.5, 0.6) is 0 Å². The second-order valence-electron chi connectivity index (χ2n) is 3.65. The van der Waals surface area contributed by atoms with E-state index in [1.54, 1.807) is 18.3 Å². The molecular weight excluding hydrogens is 205 g/mol. The highest BCUT2D eigenvalue weighted by molar-refractivity contribution is 5.23. The number of nitrogens with two attached hydrogens (primary N) is 1. The van der Waals surface area contributed by atoms with E-state index in [2.05, 4.69) is 4.98 Å². The zero-order chi connectivity index (χ0) is 11.5. The van der Waals surface area contributed by atoms with E-state index >= 15 is 0 Å². The highest BCUT2D eigenvalue weighted by atomic mass is 19.1. The average molecular weight is 219 g/mol. The quantitative estimate of drug-likeness (QED) is 0.856. The van der Waals surface area contributed by atoms with Crippen molar-refractivity contribution in [1.29, 1.82) is 0 Å². The van der Waals surface area contributed by atoms with Crippen LogP contribution in [0.2, 0.25) is 0 Å². The summed E-state index contributed by atoms with van der Waals surface area (Å²) in [6, 6.07) is 6.50. The summed E-state index contributed by atoms with van der Waals surface area (Å²) in [7, 11) is 0. The Hall–Kier alpha value is -1.68. The van der Waals surface area contributed by atoms with Gasteiger partial charge >= 0.3 is 0 Å². The predicted octanol–water partition coefficient (Wildman–Crippen LogP) is 1.88. The molecule has 0 bridgehead atoms. The minimum Gasteiger partial charge on any atom is -0.328 e. The van der Waals surface area contributed by atoms with Gasteiger partial charge in [0.15, 0.2) is 0 Å². The normalized spacial score (nSPS) is 12.7. The lowest BCUT2D eigenvalue weighted by Crippen LogP contribution is -2.21. The van der Waals surface area contributed by atoms with Gasteiger partial charge in [0.1, 0.15) is 11.6 Å². The summed E-state index contributed by atoms with van der Waals surface area (Å²) >= 11 is 0. The maximum Gasteiger partial charge on any atom is 0.128 e. The first-order valence-corrected chi connectivity index (χ1v) is 5.18. The average Bonchev–Trinajstić information content (AvgIpc) is 2.69. The number of hydrogen-bond acceptors (Lipinski definition) is 2. The molecule has 4 heteroatoms. The van der Waals surface area contributed by atoms with E-state index in [4.69, 9.17) is 5.73 Å². The van der Waals surface area contributed by atoms with Crippen molar-refractivity contribution in [2.45, 2.75) is 13.0 Å². The number of aryl methyl sites for hydroxylation is 1. The summed E-state index contributed by atoms with van der Waals surface area (Å²) in [5.74, 6) is 0.602. The molecular formula is C12H14FN3. The van der Waals surface area contributed by atoms with Crippen LogP contribution in [0, 0.1) is 12.7 Å². The molecule has 2 aromatic rings. The molecule has 2 N–H and O–H groups in total. The van der Waals surface area contributed by atoms with Crippen LogP contribution >= 0.6 is 0 Å². The molecule has 0 saturated carbocycles. The van der Waals surface area contributed by atoms with Crippen LogP contribution in [0.4, 0.5) is 4.39 Å². The van der Waals surface area contributed by atoms with E-state index < -0.39 is 0 Å². The van der Waals surface area contributed by atoms with Crippen molar-refractivity contribution < 1.29 is 4.39 Å². The molecule has 2 rings (SSSR count). The number of rotatable bonds is 3. The molecule has 0 fully saturated rings. The third-order valence-electron chi connectivity index (χ3n) is 2.69. The van der Waals surface area contributed by atoms with Crippen molar-refractivity contribution in [3.8, 4) is 0 Å². The second kappa shape index (κ2) is 4.45. The molecule has 0 spiro atoms. The molecule has 1 heterocycles. The summed E-state index contributed by atoms with van der Waals surface area (Å²) in [4.78, 5) is 4.13. The largest absolute Gasteiger partial charge is 0.328 e. The minimum absolute atomic E-state index is 0.191. The van der Waals surface area contributed by atoms with Crippen molar-refractivity contribution in [1.82, 2.24) is 9.55 Å². The van der Waals surface area contributed by atoms with Gasteiger partial charge in [-0.15, -0.1) is 0 Å². The van der Waals surface area contributed by atoms with Crippen LogP contribution in [0.1, 0.15) is 17.4 Å². The van der Waals surface area contributed by atoms with Crippen molar-refractivity contribution in [3.05, 3.63) is 53.9 Å². The summed E-state index contributed by atoms with van der Waals surface area (Å²) in [5, 5.41) is 0. The third-order valence-corrected chi connectivity index (χ3v) is 2.69. The molecule has 3 nitrogen and oxygen atoms in total. The number of imidazole rings is 1. The van der Waals surface area contributed by atoms with Gasteiger partial charge in [0.25, 0.3) is 0 Å². The van der Waals surface area contributed by atoms with E-state index in [1.807, 2.05) is 23.8 Å². The molecule has 0 aliphatic carbocycles. The van der Waals surface area contributed by atoms with Gasteiger partial charge in [-0.25, -0.2) is 9.37 Å². The zero-order valence-electron chi connectivity index (χ0n) is 9.10. The first kappa shape index (κ1) is 10.8. The van der Waals surface area contributed by atoms with Crippen LogP contribution < -0.4 is 5.73 Å². The van der Waals surface area contributed by atoms with Crippen LogP contribution in [0.15, 0.2) is 36.7 Å². The van der Waals surface area contributed by atoms with Gasteiger partial charge in [0.05, 0.1) is 6.04 Å². The summed E-state index contributed by atoms with van der Waals surface area (Å²) in [6.07, 6.45) is 3.51. The third kappa shape index (κ3) is 1.84. The first-order chi connectivity index (χ1) is 7.74. The maximum atomic E-state index is 13.7. The van der Waals surface area contributed by atoms with Crippen LogP contribution in [-0.4, -0.2) is 16.1 Å². The molecule has 1 aromatic carbocycles. The van der Waals surface area contributed by atoms with E-state index in [1.165, 1.54) is 6.07 Å². The SMILES string of the molecule is Cc1nccn1C(CN)c1ccccc1F. The second-order valence-corrected chi connectivity index (χ2v) is 3.65. The first-order valence-electron chi connectivity index (χ1n) is 5.18. The fourth-order valence-electron chi connectivity index (χ4n) is 1.85. The van der Waals surface area contributed by atoms with Gasteiger partial charge < -0.3 is 10.3 Å². The monoisotopic (exact) mass is 219 g/mol. The summed E-state index contributed by atoms with van der Waals surface area (Å²) in [5.41, 5.74) is 6.32. The smallest absolute Gasteiger partial charge is 0.128 e. The van der Waals surface area contributed by atoms with Crippen LogP contribution in [-0.2, 0) is 0 Å². The van der Waals surface area contributed by atoms with Crippen molar-refractivity contribution in [3.63, 3.8) is 0 Å². The number of nitrogens with zero attached hydrogens (tertiary/aromatic N) is 2. The predicted molar refractivity (Wildman–Crippen MR) is 60.6 cm³/mol. The number of benzene rings is 1. The van der Waals surface area contributed by atoms with E-state index in [-0.39, 0.29) is 11.9 Å². The Labute approximate surface area is 93.7 Å². The summed E-state index contributed by atoms with van der Waals surface area (Å²) < 4.78 is 15.5. The Bertz CT molecular complexity index is 479. The standard InChI is InChI=1S/C12H14FN3/c1-9-15-6-7-16(9)12(8-14)10-4-2-3-5-11(10)13/h2-7,12H,8,14H2,1H3. The topological polar surface area (TPSA) is 43.8 Å². The van der Waals surface area contributed by atoms with Gasteiger partial charge in [0, 0.05) is 24.5 Å². The molecule has 0 radical (unpaired) electrons. The van der Waals surface area contributed by atoms with Gasteiger partial charge in [-0.3, -0.25) is 0 Å². The number of halogens is 1. The Balaban J connectivity index is 2.45. The Morgan fingerprint density at radius 2 is 2.19 bits per heavy atom. The zero-order valence-corrected chi connectivity index (χ0v) is 9.10. The van der Waals surface area contributed by atoms with Crippen molar-refractivity contribution >= 4 is 0 Å². The molecule has 0 amide bonds. The van der Waals surface area contributed by atoms with Crippen LogP contribution in [0.3, 0.4) is 0 Å². The molecule has 0 aliphatic rings. The van der Waals surface area contributed by atoms with Crippen molar-refractivity contribution in [2.24, 2.45) is 5.73 Å². The lowest BCUT2D eigenvalue weighted by Gasteiger charge is -2.19. The van der Waals surface area contributed by atoms with E-state index in [9.17, 15) is 4.39 Å². The molecule has 1 atom stereocenters. The highest BCUT2D eigenvalue weighted by Crippen LogP contribution is 2.21. The molecule has 1 unspecified atom stereocenters. The van der Waals surface area contributed by atoms with Gasteiger partial charge in [-0.2, -0.15) is 0 Å². The lowest BCUT2D eigenvalue weighted by molar-refractivity contribution is 0.528. The van der Waals surface area contributed by atoms with Gasteiger partial charge in [-0.1, -0.05) is 18.2 Å². The highest BCUT2D eigenvalue weighted by Gasteiger charge is 2.16. The van der Waals surface area contributed by atoms with E-state index in [0.717, 1.165) is 5.82 Å². The Morgan fingerprint density at radius 1 is 1.44 bits per heavy atom. The number of aromatic nitrogens is 2. The Kier molecular flexibility index (Phi) is 3.01.